The molecule has 11 heteroatoms. The van der Waals surface area contributed by atoms with Crippen LogP contribution in [0.4, 0.5) is 13.2 Å². The van der Waals surface area contributed by atoms with E-state index in [9.17, 15) is 32.7 Å². The second-order valence-corrected chi connectivity index (χ2v) is 11.2. The van der Waals surface area contributed by atoms with Gasteiger partial charge in [0.05, 0.1) is 18.6 Å². The lowest BCUT2D eigenvalue weighted by atomic mass is 9.96. The van der Waals surface area contributed by atoms with Gasteiger partial charge < -0.3 is 25.8 Å². The smallest absolute Gasteiger partial charge is 0.406 e. The lowest BCUT2D eigenvalue weighted by Crippen LogP contribution is -2.55. The van der Waals surface area contributed by atoms with Gasteiger partial charge in [0, 0.05) is 13.0 Å². The third-order valence-corrected chi connectivity index (χ3v) is 7.10. The monoisotopic (exact) mass is 627 g/mol. The number of aliphatic hydroxyl groups is 1. The number of carbonyl (C=O) groups excluding carboxylic acids is 3. The fraction of sp³-hybridized carbons (Fsp3) is 0.382. The van der Waals surface area contributed by atoms with E-state index < -0.39 is 42.1 Å². The molecule has 8 nitrogen and oxygen atoms in total. The number of alkyl halides is 3. The van der Waals surface area contributed by atoms with Crippen LogP contribution in [-0.2, 0) is 33.6 Å². The summed E-state index contributed by atoms with van der Waals surface area (Å²) < 4.78 is 41.7. The number of hydrogen-bond donors (Lipinski definition) is 4. The highest BCUT2D eigenvalue weighted by Crippen LogP contribution is 2.23. The molecule has 45 heavy (non-hydrogen) atoms. The Morgan fingerprint density at radius 3 is 2.07 bits per heavy atom. The predicted octanol–water partition coefficient (Wildman–Crippen LogP) is 4.50. The predicted molar refractivity (Wildman–Crippen MR) is 164 cm³/mol. The van der Waals surface area contributed by atoms with Crippen LogP contribution in [0.2, 0.25) is 0 Å². The highest BCUT2D eigenvalue weighted by Gasteiger charge is 2.32. The molecule has 242 valence electrons. The zero-order chi connectivity index (χ0) is 32.8. The molecule has 4 N–H and O–H groups in total. The number of nitrogens with one attached hydrogen (secondary N) is 3. The van der Waals surface area contributed by atoms with Crippen molar-refractivity contribution in [3.8, 4) is 5.75 Å². The first-order chi connectivity index (χ1) is 21.4. The number of carbonyl (C=O) groups is 3. The molecule has 3 amide bonds. The van der Waals surface area contributed by atoms with Crippen LogP contribution in [0.5, 0.6) is 5.75 Å². The summed E-state index contributed by atoms with van der Waals surface area (Å²) in [6, 6.07) is 22.3. The summed E-state index contributed by atoms with van der Waals surface area (Å²) in [6.07, 6.45) is -5.09. The van der Waals surface area contributed by atoms with E-state index in [0.29, 0.717) is 13.0 Å². The molecule has 3 aromatic rings. The number of ether oxygens (including phenoxy) is 1. The number of rotatable bonds is 16. The maximum Gasteiger partial charge on any atom is 0.573 e. The van der Waals surface area contributed by atoms with Crippen LogP contribution in [0.3, 0.4) is 0 Å². The molecule has 0 spiro atoms. The van der Waals surface area contributed by atoms with E-state index in [2.05, 4.69) is 20.7 Å². The van der Waals surface area contributed by atoms with Crippen LogP contribution >= 0.6 is 0 Å². The maximum absolute atomic E-state index is 13.4. The molecule has 0 aliphatic heterocycles. The van der Waals surface area contributed by atoms with E-state index in [1.165, 1.54) is 12.1 Å². The van der Waals surface area contributed by atoms with Gasteiger partial charge in [-0.05, 0) is 54.0 Å². The van der Waals surface area contributed by atoms with Gasteiger partial charge >= 0.3 is 6.36 Å². The molecule has 0 aliphatic rings. The molecule has 0 aromatic heterocycles. The van der Waals surface area contributed by atoms with E-state index >= 15 is 0 Å². The van der Waals surface area contributed by atoms with E-state index in [4.69, 9.17) is 0 Å². The minimum atomic E-state index is -4.87. The largest absolute Gasteiger partial charge is 0.573 e. The van der Waals surface area contributed by atoms with Gasteiger partial charge in [0.25, 0.3) is 0 Å². The van der Waals surface area contributed by atoms with Crippen LogP contribution in [0.1, 0.15) is 43.4 Å². The number of benzene rings is 3. The fourth-order valence-corrected chi connectivity index (χ4v) is 4.78. The van der Waals surface area contributed by atoms with E-state index in [1.807, 2.05) is 60.7 Å². The molecular weight excluding hydrogens is 587 g/mol. The zero-order valence-corrected chi connectivity index (χ0v) is 25.3. The molecule has 0 unspecified atom stereocenters. The van der Waals surface area contributed by atoms with Crippen molar-refractivity contribution in [2.24, 2.45) is 5.92 Å². The zero-order valence-electron chi connectivity index (χ0n) is 25.3. The summed E-state index contributed by atoms with van der Waals surface area (Å²) in [6.45, 7) is 3.94. The van der Waals surface area contributed by atoms with Crippen molar-refractivity contribution >= 4 is 17.7 Å². The van der Waals surface area contributed by atoms with Crippen molar-refractivity contribution in [2.45, 2.75) is 70.5 Å². The summed E-state index contributed by atoms with van der Waals surface area (Å²) >= 11 is 0. The molecule has 0 bridgehead atoms. The third-order valence-electron chi connectivity index (χ3n) is 7.10. The first-order valence-corrected chi connectivity index (χ1v) is 14.9. The minimum Gasteiger partial charge on any atom is -0.406 e. The summed E-state index contributed by atoms with van der Waals surface area (Å²) in [5, 5.41) is 19.5. The molecular formula is C34H40F3N3O5. The second-order valence-electron chi connectivity index (χ2n) is 11.2. The van der Waals surface area contributed by atoms with Crippen LogP contribution in [0.25, 0.3) is 0 Å². The Hall–Kier alpha value is -4.38. The van der Waals surface area contributed by atoms with Crippen molar-refractivity contribution in [1.82, 2.24) is 16.0 Å². The van der Waals surface area contributed by atoms with Gasteiger partial charge in [-0.2, -0.15) is 0 Å². The third kappa shape index (κ3) is 13.0. The Morgan fingerprint density at radius 1 is 0.822 bits per heavy atom. The van der Waals surface area contributed by atoms with Crippen molar-refractivity contribution in [2.75, 3.05) is 6.54 Å². The molecule has 0 saturated carbocycles. The topological polar surface area (TPSA) is 117 Å². The SMILES string of the molecule is CC(C)[C@H](NC(=O)Cc1cccc(OC(F)(F)F)c1)C(=O)N[C@@H](Cc1ccccc1)[C@@H](O)CCC(=O)NCCc1ccccc1. The van der Waals surface area contributed by atoms with E-state index in [-0.39, 0.29) is 43.1 Å². The van der Waals surface area contributed by atoms with Crippen LogP contribution in [0.15, 0.2) is 84.9 Å². The van der Waals surface area contributed by atoms with Crippen LogP contribution < -0.4 is 20.7 Å². The van der Waals surface area contributed by atoms with Gasteiger partial charge in [0.1, 0.15) is 11.8 Å². The second kappa shape index (κ2) is 17.2. The standard InChI is InChI=1S/C34H40F3N3O5/c1-23(2)32(40-31(43)22-26-14-9-15-27(20-26)45-34(35,36)37)33(44)39-28(21-25-12-7-4-8-13-25)29(41)16-17-30(42)38-19-18-24-10-5-3-6-11-24/h3-15,20,23,28-29,32,41H,16-19,21-22H2,1-2H3,(H,38,42)(H,39,44)(H,40,43)/t28-,29-,32-/m0/s1. The van der Waals surface area contributed by atoms with Gasteiger partial charge in [-0.15, -0.1) is 13.2 Å². The normalized spacial score (nSPS) is 13.4. The lowest BCUT2D eigenvalue weighted by Gasteiger charge is -2.28. The Balaban J connectivity index is 1.60. The summed E-state index contributed by atoms with van der Waals surface area (Å²) in [7, 11) is 0. The first-order valence-electron chi connectivity index (χ1n) is 14.9. The van der Waals surface area contributed by atoms with Gasteiger partial charge in [0.2, 0.25) is 17.7 Å². The summed E-state index contributed by atoms with van der Waals surface area (Å²) in [4.78, 5) is 38.8. The Bertz CT molecular complexity index is 1370. The molecule has 3 aromatic carbocycles. The lowest BCUT2D eigenvalue weighted by molar-refractivity contribution is -0.274. The van der Waals surface area contributed by atoms with Gasteiger partial charge in [-0.25, -0.2) is 0 Å². The first kappa shape index (κ1) is 35.1. The van der Waals surface area contributed by atoms with Gasteiger partial charge in [-0.1, -0.05) is 86.6 Å². The molecule has 0 saturated heterocycles. The molecule has 3 rings (SSSR count). The van der Waals surface area contributed by atoms with E-state index in [0.717, 1.165) is 23.3 Å². The highest BCUT2D eigenvalue weighted by atomic mass is 19.4. The van der Waals surface area contributed by atoms with Crippen LogP contribution in [0, 0.1) is 5.92 Å². The molecule has 0 aliphatic carbocycles. The summed E-state index contributed by atoms with van der Waals surface area (Å²) in [5.41, 5.74) is 2.23. The Labute approximate surface area is 261 Å². The number of hydrogen-bond acceptors (Lipinski definition) is 5. The minimum absolute atomic E-state index is 0.0541. The highest BCUT2D eigenvalue weighted by molar-refractivity contribution is 5.88. The molecule has 3 atom stereocenters. The maximum atomic E-state index is 13.4. The average molecular weight is 628 g/mol. The number of amides is 3. The molecule has 0 heterocycles. The molecule has 0 fully saturated rings. The van der Waals surface area contributed by atoms with Crippen molar-refractivity contribution in [1.29, 1.82) is 0 Å². The quantitative estimate of drug-likeness (QED) is 0.187. The van der Waals surface area contributed by atoms with Crippen molar-refractivity contribution < 1.29 is 37.4 Å². The number of halogens is 3. The average Bonchev–Trinajstić information content (AvgIpc) is 2.98. The van der Waals surface area contributed by atoms with Crippen molar-refractivity contribution in [3.05, 3.63) is 102 Å². The van der Waals surface area contributed by atoms with Crippen LogP contribution in [-0.4, -0.2) is 53.9 Å². The number of aliphatic hydroxyl groups excluding tert-OH is 1. The van der Waals surface area contributed by atoms with Gasteiger partial charge in [0.15, 0.2) is 0 Å². The van der Waals surface area contributed by atoms with Crippen molar-refractivity contribution in [3.63, 3.8) is 0 Å². The fourth-order valence-electron chi connectivity index (χ4n) is 4.78. The van der Waals surface area contributed by atoms with Gasteiger partial charge in [-0.3, -0.25) is 14.4 Å². The molecule has 0 radical (unpaired) electrons. The Morgan fingerprint density at radius 2 is 1.44 bits per heavy atom. The van der Waals surface area contributed by atoms with E-state index in [1.54, 1.807) is 13.8 Å². The Kier molecular flexibility index (Phi) is 13.4. The summed E-state index contributed by atoms with van der Waals surface area (Å²) in [5.74, 6) is -2.11.